The Hall–Kier alpha value is -1.07. The Balaban J connectivity index is 2.32. The maximum atomic E-state index is 12.6. The van der Waals surface area contributed by atoms with Gasteiger partial charge in [0, 0.05) is 18.2 Å². The summed E-state index contributed by atoms with van der Waals surface area (Å²) >= 11 is 12.0. The highest BCUT2D eigenvalue weighted by Crippen LogP contribution is 2.40. The highest BCUT2D eigenvalue weighted by atomic mass is 35.5. The predicted molar refractivity (Wildman–Crippen MR) is 81.8 cm³/mol. The van der Waals surface area contributed by atoms with Gasteiger partial charge in [-0.25, -0.2) is 4.21 Å². The smallest absolute Gasteiger partial charge is 0.153 e. The Kier molecular flexibility index (Phi) is 3.50. The molecule has 0 amide bonds. The molecule has 3 rings (SSSR count). The zero-order valence-corrected chi connectivity index (χ0v) is 12.8. The summed E-state index contributed by atoms with van der Waals surface area (Å²) in [6.45, 7) is 0. The van der Waals surface area contributed by atoms with Gasteiger partial charge in [-0.15, -0.1) is 0 Å². The molecule has 1 N–H and O–H groups in total. The molecule has 2 aromatic rings. The van der Waals surface area contributed by atoms with Gasteiger partial charge in [-0.05, 0) is 18.2 Å². The van der Waals surface area contributed by atoms with Gasteiger partial charge in [-0.3, -0.25) is 4.31 Å². The fourth-order valence-corrected chi connectivity index (χ4v) is 3.95. The molecule has 0 spiro atoms. The molecule has 2 aromatic carbocycles. The van der Waals surface area contributed by atoms with Gasteiger partial charge < -0.3 is 5.11 Å². The van der Waals surface area contributed by atoms with E-state index in [1.165, 1.54) is 0 Å². The molecule has 1 aliphatic rings. The molecule has 2 atom stereocenters. The lowest BCUT2D eigenvalue weighted by atomic mass is 10.00. The highest BCUT2D eigenvalue weighted by Gasteiger charge is 2.29. The number of rotatable bonds is 0. The molecule has 0 fully saturated rings. The lowest BCUT2D eigenvalue weighted by molar-refractivity contribution is 0.218. The normalized spacial score (nSPS) is 21.1. The van der Waals surface area contributed by atoms with E-state index in [9.17, 15) is 9.32 Å². The van der Waals surface area contributed by atoms with E-state index >= 15 is 0 Å². The zero-order chi connectivity index (χ0) is 14.4. The average Bonchev–Trinajstić information content (AvgIpc) is 2.53. The quantitative estimate of drug-likeness (QED) is 0.803. The minimum absolute atomic E-state index is 0.324. The van der Waals surface area contributed by atoms with E-state index in [2.05, 4.69) is 0 Å². The number of para-hydroxylation sites is 1. The first-order chi connectivity index (χ1) is 9.50. The lowest BCUT2D eigenvalue weighted by Crippen LogP contribution is -2.20. The second kappa shape index (κ2) is 5.04. The number of anilines is 1. The van der Waals surface area contributed by atoms with Crippen LogP contribution in [-0.2, 0) is 11.0 Å². The van der Waals surface area contributed by atoms with Crippen molar-refractivity contribution in [2.45, 2.75) is 11.0 Å². The van der Waals surface area contributed by atoms with E-state index in [1.807, 2.05) is 24.3 Å². The Morgan fingerprint density at radius 1 is 1.15 bits per heavy atom. The number of aliphatic hydroxyl groups is 1. The fourth-order valence-electron chi connectivity index (χ4n) is 2.32. The van der Waals surface area contributed by atoms with Crippen molar-refractivity contribution in [2.75, 3.05) is 11.4 Å². The minimum Gasteiger partial charge on any atom is -0.384 e. The molecule has 0 aliphatic carbocycles. The van der Waals surface area contributed by atoms with Gasteiger partial charge in [0.1, 0.15) is 6.10 Å². The van der Waals surface area contributed by atoms with Gasteiger partial charge in [0.05, 0.1) is 20.6 Å². The fraction of sp³-hybridized carbons (Fsp3) is 0.143. The van der Waals surface area contributed by atoms with Crippen LogP contribution in [0.15, 0.2) is 41.3 Å². The van der Waals surface area contributed by atoms with Crippen molar-refractivity contribution in [3.63, 3.8) is 0 Å². The van der Waals surface area contributed by atoms with Crippen molar-refractivity contribution in [2.24, 2.45) is 0 Å². The molecule has 104 valence electrons. The van der Waals surface area contributed by atoms with Crippen LogP contribution in [0.5, 0.6) is 0 Å². The predicted octanol–water partition coefficient (Wildman–Crippen LogP) is 3.55. The number of nitrogens with zero attached hydrogens (tertiary/aromatic N) is 1. The molecule has 0 saturated heterocycles. The topological polar surface area (TPSA) is 40.5 Å². The van der Waals surface area contributed by atoms with Crippen LogP contribution in [0, 0.1) is 0 Å². The Bertz CT molecular complexity index is 720. The van der Waals surface area contributed by atoms with Crippen LogP contribution in [0.3, 0.4) is 0 Å². The summed E-state index contributed by atoms with van der Waals surface area (Å²) in [7, 11) is 0.274. The first-order valence-electron chi connectivity index (χ1n) is 5.92. The molecule has 0 radical (unpaired) electrons. The van der Waals surface area contributed by atoms with Crippen LogP contribution < -0.4 is 4.31 Å². The summed E-state index contributed by atoms with van der Waals surface area (Å²) in [6.07, 6.45) is -0.884. The second-order valence-electron chi connectivity index (χ2n) is 4.51. The van der Waals surface area contributed by atoms with E-state index in [0.717, 1.165) is 5.69 Å². The molecule has 3 nitrogen and oxygen atoms in total. The molecular weight excluding hydrogens is 317 g/mol. The Labute approximate surface area is 129 Å². The lowest BCUT2D eigenvalue weighted by Gasteiger charge is -2.18. The third-order valence-corrected chi connectivity index (χ3v) is 5.50. The molecule has 0 saturated carbocycles. The summed E-state index contributed by atoms with van der Waals surface area (Å²) in [5.74, 6) is 0. The maximum Gasteiger partial charge on any atom is 0.153 e. The average molecular weight is 328 g/mol. The van der Waals surface area contributed by atoms with Crippen LogP contribution in [0.2, 0.25) is 10.0 Å². The highest BCUT2D eigenvalue weighted by molar-refractivity contribution is 7.86. The van der Waals surface area contributed by atoms with Crippen molar-refractivity contribution in [1.29, 1.82) is 0 Å². The van der Waals surface area contributed by atoms with E-state index in [-0.39, 0.29) is 0 Å². The summed E-state index contributed by atoms with van der Waals surface area (Å²) in [6, 6.07) is 10.5. The molecule has 2 unspecified atom stereocenters. The standard InChI is InChI=1S/C14H11Cl2NO2S/c1-17-12-5-3-2-4-8(12)14(18)9-6-10(15)11(16)7-13(9)20(17)19/h2-7,14,18H,1H3. The number of aliphatic hydroxyl groups excluding tert-OH is 1. The van der Waals surface area contributed by atoms with Gasteiger partial charge in [0.15, 0.2) is 11.0 Å². The third kappa shape index (κ3) is 2.04. The van der Waals surface area contributed by atoms with Crippen molar-refractivity contribution >= 4 is 39.9 Å². The molecule has 1 heterocycles. The number of hydrogen-bond acceptors (Lipinski definition) is 2. The van der Waals surface area contributed by atoms with Crippen molar-refractivity contribution in [1.82, 2.24) is 0 Å². The van der Waals surface area contributed by atoms with Gasteiger partial charge in [-0.2, -0.15) is 0 Å². The van der Waals surface area contributed by atoms with E-state index in [4.69, 9.17) is 23.2 Å². The number of fused-ring (bicyclic) bond motifs is 2. The van der Waals surface area contributed by atoms with Crippen LogP contribution in [-0.4, -0.2) is 16.4 Å². The Morgan fingerprint density at radius 3 is 2.55 bits per heavy atom. The van der Waals surface area contributed by atoms with Gasteiger partial charge in [0.25, 0.3) is 0 Å². The first-order valence-corrected chi connectivity index (χ1v) is 7.78. The molecule has 1 aliphatic heterocycles. The van der Waals surface area contributed by atoms with Gasteiger partial charge in [-0.1, -0.05) is 41.4 Å². The SMILES string of the molecule is CN1c2ccccc2C(O)c2cc(Cl)c(Cl)cc2S1=O. The number of halogens is 2. The van der Waals surface area contributed by atoms with Gasteiger partial charge >= 0.3 is 0 Å². The summed E-state index contributed by atoms with van der Waals surface area (Å²) in [4.78, 5) is 0.477. The zero-order valence-electron chi connectivity index (χ0n) is 10.5. The number of hydrogen-bond donors (Lipinski definition) is 1. The van der Waals surface area contributed by atoms with Crippen molar-refractivity contribution in [3.05, 3.63) is 57.6 Å². The molecular formula is C14H11Cl2NO2S. The van der Waals surface area contributed by atoms with Crippen LogP contribution in [0.4, 0.5) is 5.69 Å². The van der Waals surface area contributed by atoms with Crippen molar-refractivity contribution < 1.29 is 9.32 Å². The maximum absolute atomic E-state index is 12.6. The van der Waals surface area contributed by atoms with Crippen LogP contribution in [0.25, 0.3) is 0 Å². The first kappa shape index (κ1) is 13.9. The Morgan fingerprint density at radius 2 is 1.80 bits per heavy atom. The van der Waals surface area contributed by atoms with Crippen LogP contribution >= 0.6 is 23.2 Å². The second-order valence-corrected chi connectivity index (χ2v) is 6.81. The van der Waals surface area contributed by atoms with E-state index in [0.29, 0.717) is 26.1 Å². The van der Waals surface area contributed by atoms with Gasteiger partial charge in [0.2, 0.25) is 0 Å². The third-order valence-electron chi connectivity index (χ3n) is 3.35. The van der Waals surface area contributed by atoms with Crippen molar-refractivity contribution in [3.8, 4) is 0 Å². The molecule has 0 bridgehead atoms. The minimum atomic E-state index is -1.45. The largest absolute Gasteiger partial charge is 0.384 e. The monoisotopic (exact) mass is 327 g/mol. The summed E-state index contributed by atoms with van der Waals surface area (Å²) in [5, 5.41) is 11.2. The summed E-state index contributed by atoms with van der Waals surface area (Å²) < 4.78 is 14.3. The summed E-state index contributed by atoms with van der Waals surface area (Å²) in [5.41, 5.74) is 1.94. The molecule has 20 heavy (non-hydrogen) atoms. The molecule has 0 aromatic heterocycles. The van der Waals surface area contributed by atoms with Crippen LogP contribution in [0.1, 0.15) is 17.2 Å². The van der Waals surface area contributed by atoms with E-state index < -0.39 is 17.1 Å². The number of benzene rings is 2. The molecule has 6 heteroatoms. The van der Waals surface area contributed by atoms with E-state index in [1.54, 1.807) is 23.5 Å².